The van der Waals surface area contributed by atoms with Crippen molar-refractivity contribution in [2.75, 3.05) is 13.1 Å². The van der Waals surface area contributed by atoms with Gasteiger partial charge < -0.3 is 14.2 Å². The summed E-state index contributed by atoms with van der Waals surface area (Å²) in [5.41, 5.74) is 0.151. The Morgan fingerprint density at radius 3 is 2.55 bits per heavy atom. The van der Waals surface area contributed by atoms with Crippen molar-refractivity contribution in [3.8, 4) is 5.75 Å². The fourth-order valence-electron chi connectivity index (χ4n) is 3.31. The number of carbonyl (C=O) groups is 1. The predicted molar refractivity (Wildman–Crippen MR) is 109 cm³/mol. The zero-order valence-corrected chi connectivity index (χ0v) is 17.1. The van der Waals surface area contributed by atoms with Crippen LogP contribution in [0.2, 0.25) is 5.02 Å². The molecule has 1 aliphatic rings. The largest absolute Gasteiger partial charge is 0.478 e. The highest BCUT2D eigenvalue weighted by Crippen LogP contribution is 2.30. The van der Waals surface area contributed by atoms with Crippen LogP contribution in [-0.2, 0) is 11.2 Å². The highest BCUT2D eigenvalue weighted by atomic mass is 35.5. The van der Waals surface area contributed by atoms with Crippen LogP contribution in [0, 0.1) is 0 Å². The molecule has 1 fully saturated rings. The van der Waals surface area contributed by atoms with Gasteiger partial charge in [0.2, 0.25) is 5.89 Å². The van der Waals surface area contributed by atoms with Crippen molar-refractivity contribution in [2.45, 2.75) is 31.8 Å². The summed E-state index contributed by atoms with van der Waals surface area (Å²) < 4.78 is 11.3. The Morgan fingerprint density at radius 1 is 1.17 bits per heavy atom. The Kier molecular flexibility index (Phi) is 5.28. The Morgan fingerprint density at radius 2 is 1.86 bits per heavy atom. The van der Waals surface area contributed by atoms with Crippen LogP contribution in [0.15, 0.2) is 59.1 Å². The monoisotopic (exact) mass is 411 g/mol. The van der Waals surface area contributed by atoms with Crippen LogP contribution in [0.3, 0.4) is 0 Å². The van der Waals surface area contributed by atoms with Crippen molar-refractivity contribution < 1.29 is 14.1 Å². The van der Waals surface area contributed by atoms with E-state index in [-0.39, 0.29) is 11.8 Å². The van der Waals surface area contributed by atoms with E-state index in [1.165, 1.54) is 0 Å². The van der Waals surface area contributed by atoms with Gasteiger partial charge in [-0.3, -0.25) is 4.79 Å². The van der Waals surface area contributed by atoms with E-state index in [2.05, 4.69) is 10.1 Å². The molecule has 4 rings (SSSR count). The van der Waals surface area contributed by atoms with Crippen LogP contribution in [0.1, 0.15) is 37.0 Å². The molecule has 1 amide bonds. The van der Waals surface area contributed by atoms with E-state index < -0.39 is 5.60 Å². The third-order valence-electron chi connectivity index (χ3n) is 4.91. The second-order valence-electron chi connectivity index (χ2n) is 7.68. The molecular weight excluding hydrogens is 390 g/mol. The molecule has 1 aliphatic heterocycles. The zero-order chi connectivity index (χ0) is 20.4. The lowest BCUT2D eigenvalue weighted by molar-refractivity contribution is -0.150. The van der Waals surface area contributed by atoms with Crippen LogP contribution in [0.25, 0.3) is 0 Å². The lowest BCUT2D eigenvalue weighted by Gasteiger charge is -2.41. The van der Waals surface area contributed by atoms with Gasteiger partial charge in [0.1, 0.15) is 5.75 Å². The number of benzene rings is 2. The van der Waals surface area contributed by atoms with Gasteiger partial charge in [0.25, 0.3) is 5.91 Å². The van der Waals surface area contributed by atoms with Gasteiger partial charge in [-0.2, -0.15) is 4.98 Å². The smallest absolute Gasteiger partial charge is 0.266 e. The van der Waals surface area contributed by atoms with Crippen molar-refractivity contribution in [1.82, 2.24) is 15.0 Å². The fraction of sp³-hybridized carbons (Fsp3) is 0.318. The molecule has 0 radical (unpaired) electrons. The number of carbonyl (C=O) groups excluding carboxylic acids is 1. The number of amides is 1. The maximum atomic E-state index is 12.8. The number of halogens is 1. The normalized spacial score (nSPS) is 14.5. The van der Waals surface area contributed by atoms with Crippen molar-refractivity contribution in [3.05, 3.63) is 76.9 Å². The second kappa shape index (κ2) is 7.87. The molecule has 7 heteroatoms. The molecule has 1 aromatic heterocycles. The van der Waals surface area contributed by atoms with Crippen molar-refractivity contribution in [1.29, 1.82) is 0 Å². The molecule has 0 N–H and O–H groups in total. The van der Waals surface area contributed by atoms with E-state index in [0.717, 1.165) is 5.56 Å². The van der Waals surface area contributed by atoms with E-state index >= 15 is 0 Å². The highest BCUT2D eigenvalue weighted by Gasteiger charge is 2.42. The summed E-state index contributed by atoms with van der Waals surface area (Å²) in [6.45, 7) is 4.61. The Labute approximate surface area is 174 Å². The summed E-state index contributed by atoms with van der Waals surface area (Å²) in [7, 11) is 0. The van der Waals surface area contributed by atoms with Gasteiger partial charge in [0.05, 0.1) is 5.92 Å². The average molecular weight is 412 g/mol. The Bertz CT molecular complexity index is 980. The minimum Gasteiger partial charge on any atom is -0.478 e. The first-order valence-corrected chi connectivity index (χ1v) is 9.89. The minimum atomic E-state index is -0.980. The molecule has 150 valence electrons. The average Bonchev–Trinajstić information content (AvgIpc) is 3.11. The third-order valence-corrected chi connectivity index (χ3v) is 5.16. The molecule has 0 saturated carbocycles. The molecule has 2 aromatic carbocycles. The van der Waals surface area contributed by atoms with Gasteiger partial charge in [-0.05, 0) is 43.7 Å². The summed E-state index contributed by atoms with van der Waals surface area (Å²) in [5, 5.41) is 4.69. The van der Waals surface area contributed by atoms with Gasteiger partial charge in [-0.15, -0.1) is 0 Å². The standard InChI is InChI=1S/C22H22ClN3O3/c1-22(2,28-18-10-8-17(23)9-11-18)21(27)26-13-16(14-26)20-24-19(25-29-20)12-15-6-4-3-5-7-15/h3-11,16H,12-14H2,1-2H3. The summed E-state index contributed by atoms with van der Waals surface area (Å²) >= 11 is 5.90. The molecule has 2 heterocycles. The summed E-state index contributed by atoms with van der Waals surface area (Å²) in [5.74, 6) is 1.82. The van der Waals surface area contributed by atoms with Crippen LogP contribution in [0.5, 0.6) is 5.75 Å². The molecule has 29 heavy (non-hydrogen) atoms. The molecule has 0 bridgehead atoms. The molecular formula is C22H22ClN3O3. The highest BCUT2D eigenvalue weighted by molar-refractivity contribution is 6.30. The molecule has 0 unspecified atom stereocenters. The number of hydrogen-bond donors (Lipinski definition) is 0. The second-order valence-corrected chi connectivity index (χ2v) is 8.12. The summed E-state index contributed by atoms with van der Waals surface area (Å²) in [6, 6.07) is 17.0. The zero-order valence-electron chi connectivity index (χ0n) is 16.3. The predicted octanol–water partition coefficient (Wildman–Crippen LogP) is 4.10. The number of likely N-dealkylation sites (tertiary alicyclic amines) is 1. The molecule has 6 nitrogen and oxygen atoms in total. The minimum absolute atomic E-state index is 0.0577. The van der Waals surface area contributed by atoms with Crippen molar-refractivity contribution in [2.24, 2.45) is 0 Å². The number of aromatic nitrogens is 2. The fourth-order valence-corrected chi connectivity index (χ4v) is 3.43. The topological polar surface area (TPSA) is 68.5 Å². The summed E-state index contributed by atoms with van der Waals surface area (Å²) in [6.07, 6.45) is 0.627. The maximum Gasteiger partial charge on any atom is 0.266 e. The van der Waals surface area contributed by atoms with Gasteiger partial charge in [-0.1, -0.05) is 47.1 Å². The van der Waals surface area contributed by atoms with E-state index in [1.54, 1.807) is 43.0 Å². The van der Waals surface area contributed by atoms with Gasteiger partial charge in [-0.25, -0.2) is 0 Å². The lowest BCUT2D eigenvalue weighted by Crippen LogP contribution is -2.57. The summed E-state index contributed by atoms with van der Waals surface area (Å²) in [4.78, 5) is 19.1. The molecule has 0 spiro atoms. The number of nitrogens with zero attached hydrogens (tertiary/aromatic N) is 3. The third kappa shape index (κ3) is 4.43. The van der Waals surface area contributed by atoms with Crippen LogP contribution in [-0.4, -0.2) is 39.6 Å². The van der Waals surface area contributed by atoms with Gasteiger partial charge in [0.15, 0.2) is 11.4 Å². The number of rotatable bonds is 6. The van der Waals surface area contributed by atoms with E-state index in [4.69, 9.17) is 20.9 Å². The number of hydrogen-bond acceptors (Lipinski definition) is 5. The van der Waals surface area contributed by atoms with Crippen molar-refractivity contribution >= 4 is 17.5 Å². The van der Waals surface area contributed by atoms with E-state index in [9.17, 15) is 4.79 Å². The lowest BCUT2D eigenvalue weighted by atomic mass is 9.96. The van der Waals surface area contributed by atoms with Crippen LogP contribution < -0.4 is 4.74 Å². The first-order valence-electron chi connectivity index (χ1n) is 9.51. The van der Waals surface area contributed by atoms with Crippen molar-refractivity contribution in [3.63, 3.8) is 0 Å². The first-order chi connectivity index (χ1) is 13.9. The van der Waals surface area contributed by atoms with Gasteiger partial charge >= 0.3 is 0 Å². The quantitative estimate of drug-likeness (QED) is 0.610. The first kappa shape index (κ1) is 19.5. The molecule has 0 atom stereocenters. The number of ether oxygens (including phenoxy) is 1. The Hall–Kier alpha value is -2.86. The van der Waals surface area contributed by atoms with Crippen LogP contribution in [0.4, 0.5) is 0 Å². The van der Waals surface area contributed by atoms with E-state index in [1.807, 2.05) is 30.3 Å². The SMILES string of the molecule is CC(C)(Oc1ccc(Cl)cc1)C(=O)N1CC(c2nc(Cc3ccccc3)no2)C1. The van der Waals surface area contributed by atoms with Crippen LogP contribution >= 0.6 is 11.6 Å². The molecule has 3 aromatic rings. The van der Waals surface area contributed by atoms with E-state index in [0.29, 0.717) is 42.0 Å². The Balaban J connectivity index is 1.33. The molecule has 0 aliphatic carbocycles. The molecule has 1 saturated heterocycles. The maximum absolute atomic E-state index is 12.8. The van der Waals surface area contributed by atoms with Gasteiger partial charge in [0, 0.05) is 24.5 Å².